The Labute approximate surface area is 95.1 Å². The van der Waals surface area contributed by atoms with Gasteiger partial charge < -0.3 is 32.5 Å². The minimum Gasteiger partial charge on any atom is -0.855 e. The lowest BCUT2D eigenvalue weighted by atomic mass is 10.9. The molecular formula is C9H33N3O3. The molecule has 0 rings (SSSR count). The van der Waals surface area contributed by atoms with Gasteiger partial charge in [0.2, 0.25) is 0 Å². The fourth-order valence-electron chi connectivity index (χ4n) is 0. The second kappa shape index (κ2) is 294. The molecule has 0 aliphatic heterocycles. The van der Waals surface area contributed by atoms with Gasteiger partial charge in [-0.2, -0.15) is 0 Å². The number of hydrogen-bond acceptors (Lipinski definition) is 3. The van der Waals surface area contributed by atoms with E-state index in [1.165, 1.54) is 0 Å². The normalized spacial score (nSPS) is 4.80. The van der Waals surface area contributed by atoms with Gasteiger partial charge in [0.25, 0.3) is 0 Å². The third kappa shape index (κ3) is 33000. The second-order valence-electron chi connectivity index (χ2n) is 0.866. The van der Waals surface area contributed by atoms with E-state index in [2.05, 4.69) is 17.2 Å². The first-order valence-corrected chi connectivity index (χ1v) is 5.11. The third-order valence-electron chi connectivity index (χ3n) is 0. The van der Waals surface area contributed by atoms with Gasteiger partial charge in [0, 0.05) is 0 Å². The molecule has 6 heteroatoms. The van der Waals surface area contributed by atoms with Crippen molar-refractivity contribution in [2.45, 2.75) is 20.8 Å². The van der Waals surface area contributed by atoms with Gasteiger partial charge in [-0.25, -0.2) is 0 Å². The van der Waals surface area contributed by atoms with Gasteiger partial charge in [0.05, 0.1) is 21.1 Å². The zero-order valence-corrected chi connectivity index (χ0v) is 11.5. The predicted molar refractivity (Wildman–Crippen MR) is 58.1 cm³/mol. The van der Waals surface area contributed by atoms with Crippen LogP contribution in [0, 0.1) is 0 Å². The van der Waals surface area contributed by atoms with E-state index >= 15 is 0 Å². The highest BCUT2D eigenvalue weighted by atomic mass is 16.3. The molecule has 0 atom stereocenters. The van der Waals surface area contributed by atoms with Crippen molar-refractivity contribution in [3.63, 3.8) is 0 Å². The van der Waals surface area contributed by atoms with Gasteiger partial charge in [0.15, 0.2) is 0 Å². The molecule has 9 N–H and O–H groups in total. The predicted octanol–water partition coefficient (Wildman–Crippen LogP) is -5.33. The number of rotatable bonds is 0. The van der Waals surface area contributed by atoms with Crippen molar-refractivity contribution < 1.29 is 32.5 Å². The van der Waals surface area contributed by atoms with Crippen molar-refractivity contribution in [2.24, 2.45) is 0 Å². The van der Waals surface area contributed by atoms with Crippen LogP contribution in [-0.4, -0.2) is 41.0 Å². The van der Waals surface area contributed by atoms with Crippen LogP contribution in [0.25, 0.3) is 0 Å². The lowest BCUT2D eigenvalue weighted by molar-refractivity contribution is -0.362. The molecular weight excluding hydrogens is 198 g/mol. The van der Waals surface area contributed by atoms with E-state index in [0.717, 1.165) is 0 Å². The van der Waals surface area contributed by atoms with Gasteiger partial charge in [-0.15, -0.1) is 19.8 Å². The van der Waals surface area contributed by atoms with Crippen molar-refractivity contribution in [1.82, 2.24) is 0 Å². The van der Waals surface area contributed by atoms with Gasteiger partial charge in [0.1, 0.15) is 0 Å². The molecule has 0 heterocycles. The van der Waals surface area contributed by atoms with E-state index in [-0.39, 0.29) is 19.8 Å². The third-order valence-corrected chi connectivity index (χ3v) is 0. The molecule has 15 heavy (non-hydrogen) atoms. The van der Waals surface area contributed by atoms with E-state index in [9.17, 15) is 0 Å². The minimum atomic E-state index is 0. The maximum atomic E-state index is 8.93. The summed E-state index contributed by atoms with van der Waals surface area (Å²) in [5.74, 6) is 0. The van der Waals surface area contributed by atoms with E-state index in [4.69, 9.17) is 15.3 Å². The molecule has 0 fully saturated rings. The first-order chi connectivity index (χ1) is 7.24. The Hall–Kier alpha value is -0.240. The Kier molecular flexibility index (Phi) is 714. The summed E-state index contributed by atoms with van der Waals surface area (Å²) in [6.07, 6.45) is 0. The fraction of sp³-hybridized carbons (Fsp3) is 1.00. The topological polar surface area (TPSA) is 152 Å². The number of quaternary nitrogens is 3. The van der Waals surface area contributed by atoms with E-state index in [0.29, 0.717) is 0 Å². The largest absolute Gasteiger partial charge is 0.855 e. The summed E-state index contributed by atoms with van der Waals surface area (Å²) in [6.45, 7) is 4.71. The maximum Gasteiger partial charge on any atom is 0.0634 e. The standard InChI is InChI=1S/3C2H5O.3CH5N/c3*1-2-3;3*1-2/h3*2H2,1H3;3*2H2,1H3/q3*-1;;;/p+3. The molecule has 0 aliphatic carbocycles. The van der Waals surface area contributed by atoms with Crippen LogP contribution in [0.3, 0.4) is 0 Å². The summed E-state index contributed by atoms with van der Waals surface area (Å²) in [4.78, 5) is 0. The molecule has 0 spiro atoms. The van der Waals surface area contributed by atoms with Crippen molar-refractivity contribution >= 4 is 0 Å². The Morgan fingerprint density at radius 2 is 0.533 bits per heavy atom. The molecule has 102 valence electrons. The van der Waals surface area contributed by atoms with Gasteiger partial charge >= 0.3 is 0 Å². The molecule has 0 unspecified atom stereocenters. The Balaban J connectivity index is -0.0000000164. The van der Waals surface area contributed by atoms with E-state index in [1.54, 1.807) is 41.9 Å². The van der Waals surface area contributed by atoms with Crippen LogP contribution < -0.4 is 32.5 Å². The second-order valence-corrected chi connectivity index (χ2v) is 0.866. The average Bonchev–Trinajstić information content (AvgIpc) is 2.29. The molecule has 0 aliphatic rings. The SMILES string of the molecule is CC[O-].CC[O-].CC[O-].C[NH3+].C[NH3+].C[NH3+]. The summed E-state index contributed by atoms with van der Waals surface area (Å²) in [5.41, 5.74) is 9.75. The first kappa shape index (κ1) is 36.4. The summed E-state index contributed by atoms with van der Waals surface area (Å²) in [7, 11) is 5.25. The summed E-state index contributed by atoms with van der Waals surface area (Å²) >= 11 is 0. The quantitative estimate of drug-likeness (QED) is 0.381. The zero-order chi connectivity index (χ0) is 14.1. The Morgan fingerprint density at radius 3 is 0.533 bits per heavy atom. The van der Waals surface area contributed by atoms with Crippen molar-refractivity contribution in [2.75, 3.05) is 41.0 Å². The van der Waals surface area contributed by atoms with Crippen LogP contribution in [0.4, 0.5) is 0 Å². The molecule has 6 nitrogen and oxygen atoms in total. The van der Waals surface area contributed by atoms with Crippen molar-refractivity contribution in [3.05, 3.63) is 0 Å². The van der Waals surface area contributed by atoms with Gasteiger partial charge in [-0.3, -0.25) is 0 Å². The highest BCUT2D eigenvalue weighted by Gasteiger charge is 1.17. The van der Waals surface area contributed by atoms with Crippen LogP contribution in [0.1, 0.15) is 20.8 Å². The highest BCUT2D eigenvalue weighted by molar-refractivity contribution is 3.80. The Morgan fingerprint density at radius 1 is 0.533 bits per heavy atom. The molecule has 0 aromatic rings. The fourth-order valence-corrected chi connectivity index (χ4v) is 0. The average molecular weight is 231 g/mol. The van der Waals surface area contributed by atoms with Crippen LogP contribution in [0.2, 0.25) is 0 Å². The monoisotopic (exact) mass is 231 g/mol. The minimum absolute atomic E-state index is 0. The lowest BCUT2D eigenvalue weighted by Crippen LogP contribution is -2.40. The Bertz CT molecular complexity index is 25.3. The maximum absolute atomic E-state index is 8.93. The zero-order valence-electron chi connectivity index (χ0n) is 11.5. The van der Waals surface area contributed by atoms with Crippen molar-refractivity contribution in [3.8, 4) is 0 Å². The number of hydrogen-bond donors (Lipinski definition) is 3. The molecule has 0 radical (unpaired) electrons. The molecule has 0 saturated heterocycles. The molecule has 0 aromatic carbocycles. The highest BCUT2D eigenvalue weighted by Crippen LogP contribution is 1.19. The van der Waals surface area contributed by atoms with Gasteiger partial charge in [-0.05, 0) is 0 Å². The van der Waals surface area contributed by atoms with Crippen LogP contribution in [-0.2, 0) is 0 Å². The summed E-state index contributed by atoms with van der Waals surface area (Å²) in [5, 5.41) is 26.8. The smallest absolute Gasteiger partial charge is 0.0634 e. The van der Waals surface area contributed by atoms with Gasteiger partial charge in [-0.1, -0.05) is 20.8 Å². The molecule has 0 aromatic heterocycles. The summed E-state index contributed by atoms with van der Waals surface area (Å²) < 4.78 is 0. The van der Waals surface area contributed by atoms with Crippen LogP contribution in [0.5, 0.6) is 0 Å². The molecule has 0 amide bonds. The summed E-state index contributed by atoms with van der Waals surface area (Å²) in [6, 6.07) is 0. The van der Waals surface area contributed by atoms with E-state index < -0.39 is 0 Å². The molecule has 0 bridgehead atoms. The van der Waals surface area contributed by atoms with E-state index in [1.807, 2.05) is 0 Å². The van der Waals surface area contributed by atoms with Crippen molar-refractivity contribution in [1.29, 1.82) is 0 Å². The lowest BCUT2D eigenvalue weighted by Gasteiger charge is -1.79. The van der Waals surface area contributed by atoms with Crippen LogP contribution >= 0.6 is 0 Å². The first-order valence-electron chi connectivity index (χ1n) is 5.11. The van der Waals surface area contributed by atoms with Crippen LogP contribution in [0.15, 0.2) is 0 Å². The molecule has 0 saturated carbocycles.